The molecule has 4 heterocycles. The first-order valence-electron chi connectivity index (χ1n) is 10.3. The summed E-state index contributed by atoms with van der Waals surface area (Å²) in [6.45, 7) is 1.92. The van der Waals surface area contributed by atoms with E-state index in [1.807, 2.05) is 28.3 Å². The molecule has 1 atom stereocenters. The predicted molar refractivity (Wildman–Crippen MR) is 118 cm³/mol. The number of ketones is 1. The highest BCUT2D eigenvalue weighted by atomic mass is 32.1. The summed E-state index contributed by atoms with van der Waals surface area (Å²) in [5.74, 6) is -0.410. The number of benzene rings is 1. The third-order valence-corrected chi connectivity index (χ3v) is 6.47. The lowest BCUT2D eigenvalue weighted by molar-refractivity contribution is -0.139. The molecular weight excluding hydrogens is 430 g/mol. The number of aliphatic hydroxyl groups is 1. The maximum Gasteiger partial charge on any atom is 0.295 e. The van der Waals surface area contributed by atoms with Gasteiger partial charge in [0.15, 0.2) is 11.5 Å². The van der Waals surface area contributed by atoms with E-state index >= 15 is 0 Å². The van der Waals surface area contributed by atoms with Crippen molar-refractivity contribution in [1.82, 2.24) is 14.5 Å². The minimum absolute atomic E-state index is 0.0942. The zero-order valence-electron chi connectivity index (χ0n) is 17.1. The fraction of sp³-hybridized carbons (Fsp3) is 0.261. The number of carbonyl (C=O) groups excluding carboxylic acids is 2. The van der Waals surface area contributed by atoms with E-state index in [1.54, 1.807) is 35.6 Å². The van der Waals surface area contributed by atoms with Gasteiger partial charge in [-0.3, -0.25) is 9.59 Å². The van der Waals surface area contributed by atoms with Crippen LogP contribution >= 0.6 is 11.3 Å². The fourth-order valence-electron chi connectivity index (χ4n) is 4.04. The molecule has 2 aromatic heterocycles. The standard InChI is InChI=1S/C23H21N3O5S/c27-21(15-4-5-16-17(13-15)31-11-10-30-16)19-20(18-3-1-12-32-18)26(23(29)22(19)28)8-2-7-25-9-6-24-14-25/h1,3-6,9,12-14,20,27H,2,7-8,10-11H2/b21-19+/t20-/m1/s1. The van der Waals surface area contributed by atoms with Crippen LogP contribution in [-0.4, -0.2) is 51.0 Å². The first-order chi connectivity index (χ1) is 15.6. The Labute approximate surface area is 188 Å². The van der Waals surface area contributed by atoms with Gasteiger partial charge in [0.1, 0.15) is 19.0 Å². The van der Waals surface area contributed by atoms with Gasteiger partial charge in [-0.1, -0.05) is 6.07 Å². The number of aryl methyl sites for hydroxylation is 1. The molecule has 0 radical (unpaired) electrons. The molecule has 0 bridgehead atoms. The maximum absolute atomic E-state index is 13.0. The van der Waals surface area contributed by atoms with Crippen molar-refractivity contribution in [2.24, 2.45) is 0 Å². The Bertz CT molecular complexity index is 1170. The molecule has 8 nitrogen and oxygen atoms in total. The second-order valence-electron chi connectivity index (χ2n) is 7.52. The smallest absolute Gasteiger partial charge is 0.295 e. The Kier molecular flexibility index (Phi) is 5.40. The van der Waals surface area contributed by atoms with Gasteiger partial charge in [0, 0.05) is 35.9 Å². The third-order valence-electron chi connectivity index (χ3n) is 5.54. The van der Waals surface area contributed by atoms with Crippen LogP contribution < -0.4 is 9.47 Å². The molecular formula is C23H21N3O5S. The molecule has 1 aromatic carbocycles. The van der Waals surface area contributed by atoms with Gasteiger partial charge in [-0.25, -0.2) is 4.98 Å². The first-order valence-corrected chi connectivity index (χ1v) is 11.2. The molecule has 164 valence electrons. The summed E-state index contributed by atoms with van der Waals surface area (Å²) in [7, 11) is 0. The lowest BCUT2D eigenvalue weighted by Crippen LogP contribution is -2.31. The van der Waals surface area contributed by atoms with Crippen molar-refractivity contribution < 1.29 is 24.2 Å². The molecule has 0 saturated carbocycles. The second-order valence-corrected chi connectivity index (χ2v) is 8.50. The lowest BCUT2D eigenvalue weighted by Gasteiger charge is -2.24. The van der Waals surface area contributed by atoms with E-state index in [0.29, 0.717) is 49.8 Å². The Morgan fingerprint density at radius 3 is 2.75 bits per heavy atom. The topological polar surface area (TPSA) is 93.9 Å². The van der Waals surface area contributed by atoms with Crippen LogP contribution in [0, 0.1) is 0 Å². The average molecular weight is 452 g/mol. The summed E-state index contributed by atoms with van der Waals surface area (Å²) < 4.78 is 13.1. The SMILES string of the molecule is O=C1C(=O)N(CCCn2ccnc2)[C@H](c2cccs2)/C1=C(\O)c1ccc2c(c1)OCCO2. The lowest BCUT2D eigenvalue weighted by atomic mass is 9.99. The molecule has 9 heteroatoms. The largest absolute Gasteiger partial charge is 0.507 e. The van der Waals surface area contributed by atoms with Crippen molar-refractivity contribution in [2.45, 2.75) is 19.0 Å². The number of nitrogens with zero attached hydrogens (tertiary/aromatic N) is 3. The van der Waals surface area contributed by atoms with E-state index in [1.165, 1.54) is 11.3 Å². The number of amides is 1. The number of ether oxygens (including phenoxy) is 2. The van der Waals surface area contributed by atoms with Crippen LogP contribution in [0.2, 0.25) is 0 Å². The van der Waals surface area contributed by atoms with Crippen LogP contribution in [0.4, 0.5) is 0 Å². The molecule has 1 saturated heterocycles. The van der Waals surface area contributed by atoms with Gasteiger partial charge < -0.3 is 24.0 Å². The van der Waals surface area contributed by atoms with E-state index in [0.717, 1.165) is 4.88 Å². The number of hydrogen-bond donors (Lipinski definition) is 1. The number of rotatable bonds is 6. The van der Waals surface area contributed by atoms with Gasteiger partial charge in [0.25, 0.3) is 11.7 Å². The van der Waals surface area contributed by atoms with Crippen LogP contribution in [0.25, 0.3) is 5.76 Å². The van der Waals surface area contributed by atoms with E-state index in [-0.39, 0.29) is 11.3 Å². The zero-order valence-corrected chi connectivity index (χ0v) is 18.0. The highest BCUT2D eigenvalue weighted by molar-refractivity contribution is 7.10. The van der Waals surface area contributed by atoms with Gasteiger partial charge in [-0.05, 0) is 36.1 Å². The second kappa shape index (κ2) is 8.51. The van der Waals surface area contributed by atoms with E-state index in [9.17, 15) is 14.7 Å². The Hall–Kier alpha value is -3.59. The number of fused-ring (bicyclic) bond motifs is 1. The number of thiophene rings is 1. The number of likely N-dealkylation sites (tertiary alicyclic amines) is 1. The Morgan fingerprint density at radius 2 is 2.00 bits per heavy atom. The van der Waals surface area contributed by atoms with Gasteiger partial charge in [-0.15, -0.1) is 11.3 Å². The van der Waals surface area contributed by atoms with Crippen LogP contribution in [0.15, 0.2) is 60.0 Å². The summed E-state index contributed by atoms with van der Waals surface area (Å²) in [6.07, 6.45) is 5.92. The molecule has 1 amide bonds. The summed E-state index contributed by atoms with van der Waals surface area (Å²) in [4.78, 5) is 32.4. The zero-order chi connectivity index (χ0) is 22.1. The number of hydrogen-bond acceptors (Lipinski definition) is 7. The summed E-state index contributed by atoms with van der Waals surface area (Å²) in [5.41, 5.74) is 0.504. The minimum Gasteiger partial charge on any atom is -0.507 e. The van der Waals surface area contributed by atoms with Gasteiger partial charge in [0.05, 0.1) is 17.9 Å². The quantitative estimate of drug-likeness (QED) is 0.351. The Morgan fingerprint density at radius 1 is 1.16 bits per heavy atom. The number of carbonyl (C=O) groups is 2. The number of aromatic nitrogens is 2. The van der Waals surface area contributed by atoms with Gasteiger partial charge >= 0.3 is 0 Å². The van der Waals surface area contributed by atoms with Crippen molar-refractivity contribution in [3.8, 4) is 11.5 Å². The summed E-state index contributed by atoms with van der Waals surface area (Å²) in [6, 6.07) is 8.12. The fourth-order valence-corrected chi connectivity index (χ4v) is 4.89. The van der Waals surface area contributed by atoms with E-state index in [2.05, 4.69) is 4.98 Å². The van der Waals surface area contributed by atoms with Crippen molar-refractivity contribution in [1.29, 1.82) is 0 Å². The summed E-state index contributed by atoms with van der Waals surface area (Å²) in [5, 5.41) is 13.0. The number of Topliss-reactive ketones (excluding diaryl/α,β-unsaturated/α-hetero) is 1. The van der Waals surface area contributed by atoms with Crippen LogP contribution in [0.5, 0.6) is 11.5 Å². The molecule has 1 N–H and O–H groups in total. The van der Waals surface area contributed by atoms with Crippen molar-refractivity contribution >= 4 is 28.8 Å². The molecule has 0 aliphatic carbocycles. The molecule has 3 aromatic rings. The van der Waals surface area contributed by atoms with Crippen LogP contribution in [-0.2, 0) is 16.1 Å². The van der Waals surface area contributed by atoms with Crippen molar-refractivity contribution in [3.63, 3.8) is 0 Å². The molecule has 2 aliphatic heterocycles. The normalized spacial score (nSPS) is 19.5. The van der Waals surface area contributed by atoms with E-state index < -0.39 is 17.7 Å². The number of aliphatic hydroxyl groups excluding tert-OH is 1. The predicted octanol–water partition coefficient (Wildman–Crippen LogP) is 3.23. The number of imidazole rings is 1. The molecule has 1 fully saturated rings. The van der Waals surface area contributed by atoms with Crippen LogP contribution in [0.3, 0.4) is 0 Å². The molecule has 0 unspecified atom stereocenters. The third kappa shape index (κ3) is 3.64. The Balaban J connectivity index is 1.49. The maximum atomic E-state index is 13.0. The molecule has 32 heavy (non-hydrogen) atoms. The highest BCUT2D eigenvalue weighted by Gasteiger charge is 2.46. The average Bonchev–Trinajstić information content (AvgIpc) is 3.57. The van der Waals surface area contributed by atoms with Gasteiger partial charge in [-0.2, -0.15) is 0 Å². The van der Waals surface area contributed by atoms with Crippen molar-refractivity contribution in [2.75, 3.05) is 19.8 Å². The van der Waals surface area contributed by atoms with E-state index in [4.69, 9.17) is 9.47 Å². The first kappa shape index (κ1) is 20.3. The van der Waals surface area contributed by atoms with Gasteiger partial charge in [0.2, 0.25) is 0 Å². The molecule has 2 aliphatic rings. The summed E-state index contributed by atoms with van der Waals surface area (Å²) >= 11 is 1.45. The minimum atomic E-state index is -0.682. The van der Waals surface area contributed by atoms with Crippen molar-refractivity contribution in [3.05, 3.63) is 70.4 Å². The monoisotopic (exact) mass is 451 g/mol. The highest BCUT2D eigenvalue weighted by Crippen LogP contribution is 2.42. The molecule has 5 rings (SSSR count). The van der Waals surface area contributed by atoms with Crippen LogP contribution in [0.1, 0.15) is 22.9 Å². The molecule has 0 spiro atoms.